The van der Waals surface area contributed by atoms with E-state index in [1.54, 1.807) is 20.0 Å². The monoisotopic (exact) mass is 536 g/mol. The summed E-state index contributed by atoms with van der Waals surface area (Å²) < 4.78 is 1.80. The van der Waals surface area contributed by atoms with Gasteiger partial charge in [-0.05, 0) is 49.3 Å². The zero-order valence-electron chi connectivity index (χ0n) is 20.8. The summed E-state index contributed by atoms with van der Waals surface area (Å²) in [6.45, 7) is 3.21. The van der Waals surface area contributed by atoms with Crippen LogP contribution in [0.4, 0.5) is 5.82 Å². The predicted molar refractivity (Wildman–Crippen MR) is 148 cm³/mol. The first-order chi connectivity index (χ1) is 17.7. The third-order valence-electron chi connectivity index (χ3n) is 6.95. The van der Waals surface area contributed by atoms with Crippen molar-refractivity contribution < 1.29 is 14.7 Å². The molecule has 2 aliphatic heterocycles. The molecule has 0 spiro atoms. The van der Waals surface area contributed by atoms with Gasteiger partial charge < -0.3 is 10.0 Å². The predicted octanol–water partition coefficient (Wildman–Crippen LogP) is 3.70. The fraction of sp³-hybridized carbons (Fsp3) is 0.370. The van der Waals surface area contributed by atoms with Crippen molar-refractivity contribution in [2.75, 3.05) is 24.5 Å². The number of thiocarbonyl (C=S) groups is 1. The van der Waals surface area contributed by atoms with Crippen molar-refractivity contribution in [3.8, 4) is 6.07 Å². The number of nitriles is 1. The Kier molecular flexibility index (Phi) is 8.15. The lowest BCUT2D eigenvalue weighted by molar-refractivity contribution is -0.137. The first-order valence-electron chi connectivity index (χ1n) is 12.1. The quantitative estimate of drug-likeness (QED) is 0.422. The second-order valence-corrected chi connectivity index (χ2v) is 11.0. The zero-order chi connectivity index (χ0) is 26.7. The highest BCUT2D eigenvalue weighted by atomic mass is 32.2. The second-order valence-electron chi connectivity index (χ2n) is 9.31. The van der Waals surface area contributed by atoms with E-state index in [1.165, 1.54) is 15.0 Å². The van der Waals surface area contributed by atoms with Gasteiger partial charge in [-0.15, -0.1) is 0 Å². The minimum atomic E-state index is -1.01. The van der Waals surface area contributed by atoms with Crippen LogP contribution in [-0.2, 0) is 23.1 Å². The number of anilines is 1. The van der Waals surface area contributed by atoms with Crippen molar-refractivity contribution in [1.82, 2.24) is 9.47 Å². The molecular formula is C27H28N4O4S2. The van der Waals surface area contributed by atoms with Crippen LogP contribution in [0.1, 0.15) is 41.5 Å². The number of carbonyl (C=O) groups is 2. The van der Waals surface area contributed by atoms with Crippen LogP contribution in [0.3, 0.4) is 0 Å². The van der Waals surface area contributed by atoms with E-state index in [0.717, 1.165) is 44.1 Å². The second kappa shape index (κ2) is 11.3. The topological polar surface area (TPSA) is 107 Å². The zero-order valence-corrected chi connectivity index (χ0v) is 22.4. The van der Waals surface area contributed by atoms with Gasteiger partial charge in [-0.3, -0.25) is 23.9 Å². The smallest absolute Gasteiger partial charge is 0.305 e. The Morgan fingerprint density at radius 2 is 1.92 bits per heavy atom. The summed E-state index contributed by atoms with van der Waals surface area (Å²) in [5, 5.41) is 18.7. The summed E-state index contributed by atoms with van der Waals surface area (Å²) in [4.78, 5) is 40.9. The molecule has 0 saturated carbocycles. The molecule has 2 aromatic rings. The van der Waals surface area contributed by atoms with Gasteiger partial charge in [-0.1, -0.05) is 54.3 Å². The van der Waals surface area contributed by atoms with Crippen LogP contribution >= 0.6 is 24.0 Å². The Hall–Kier alpha value is -3.42. The number of hydrogen-bond donors (Lipinski definition) is 1. The molecule has 3 heterocycles. The third kappa shape index (κ3) is 5.63. The van der Waals surface area contributed by atoms with Crippen LogP contribution in [0.5, 0.6) is 0 Å². The van der Waals surface area contributed by atoms with E-state index in [9.17, 15) is 19.6 Å². The van der Waals surface area contributed by atoms with Crippen molar-refractivity contribution in [2.24, 2.45) is 13.0 Å². The summed E-state index contributed by atoms with van der Waals surface area (Å²) >= 11 is 6.44. The van der Waals surface area contributed by atoms with Crippen LogP contribution in [0.15, 0.2) is 40.0 Å². The van der Waals surface area contributed by atoms with E-state index in [2.05, 4.69) is 29.2 Å². The molecule has 10 heteroatoms. The van der Waals surface area contributed by atoms with Crippen LogP contribution < -0.4 is 10.5 Å². The molecule has 0 aliphatic carbocycles. The molecule has 4 rings (SSSR count). The van der Waals surface area contributed by atoms with E-state index >= 15 is 0 Å². The van der Waals surface area contributed by atoms with Gasteiger partial charge in [0.25, 0.3) is 11.5 Å². The first kappa shape index (κ1) is 26.6. The molecule has 8 nitrogen and oxygen atoms in total. The number of benzene rings is 1. The van der Waals surface area contributed by atoms with Crippen LogP contribution in [0, 0.1) is 24.2 Å². The standard InChI is InChI=1S/C27H28N4O4S2/c1-17-20(15-22-26(35)31(27(36)37-22)13-10-23(32)33)24(29(2)25(34)21(17)16-28)30-11-8-19(9-12-30)14-18-6-4-3-5-7-18/h3-7,15,19H,8-14H2,1-2H3,(H,32,33)/b22-15-. The van der Waals surface area contributed by atoms with Crippen molar-refractivity contribution in [2.45, 2.75) is 32.6 Å². The summed E-state index contributed by atoms with van der Waals surface area (Å²) in [5.74, 6) is -0.168. The van der Waals surface area contributed by atoms with Crippen molar-refractivity contribution in [3.05, 3.63) is 67.8 Å². The largest absolute Gasteiger partial charge is 0.481 e. The van der Waals surface area contributed by atoms with Crippen molar-refractivity contribution >= 4 is 52.1 Å². The lowest BCUT2D eigenvalue weighted by Gasteiger charge is -2.36. The Labute approximate surface area is 225 Å². The number of carbonyl (C=O) groups excluding carboxylic acids is 1. The molecule has 0 bridgehead atoms. The summed E-state index contributed by atoms with van der Waals surface area (Å²) in [5.41, 5.74) is 2.14. The van der Waals surface area contributed by atoms with E-state index < -0.39 is 5.97 Å². The summed E-state index contributed by atoms with van der Waals surface area (Å²) in [6, 6.07) is 12.4. The molecule has 37 heavy (non-hydrogen) atoms. The highest BCUT2D eigenvalue weighted by Gasteiger charge is 2.33. The molecule has 1 amide bonds. The minimum Gasteiger partial charge on any atom is -0.481 e. The molecule has 2 fully saturated rings. The molecular weight excluding hydrogens is 508 g/mol. The Morgan fingerprint density at radius 3 is 2.54 bits per heavy atom. The number of hydrogen-bond acceptors (Lipinski definition) is 7. The number of thioether (sulfide) groups is 1. The number of carboxylic acid groups (broad SMARTS) is 1. The normalized spacial score (nSPS) is 17.5. The molecule has 2 aliphatic rings. The Balaban J connectivity index is 1.66. The number of carboxylic acids is 1. The first-order valence-corrected chi connectivity index (χ1v) is 13.3. The van der Waals surface area contributed by atoms with Gasteiger partial charge in [0.1, 0.15) is 21.8 Å². The van der Waals surface area contributed by atoms with E-state index in [0.29, 0.717) is 32.1 Å². The highest BCUT2D eigenvalue weighted by Crippen LogP contribution is 2.36. The van der Waals surface area contributed by atoms with E-state index in [-0.39, 0.29) is 30.0 Å². The van der Waals surface area contributed by atoms with Crippen molar-refractivity contribution in [3.63, 3.8) is 0 Å². The minimum absolute atomic E-state index is 0.00513. The molecule has 0 unspecified atom stereocenters. The molecule has 1 aromatic carbocycles. The van der Waals surface area contributed by atoms with E-state index in [1.807, 2.05) is 12.1 Å². The number of nitrogens with zero attached hydrogens (tertiary/aromatic N) is 4. The SMILES string of the molecule is Cc1c(/C=C2\SC(=S)N(CCC(=O)O)C2=O)c(N2CCC(Cc3ccccc3)CC2)n(C)c(=O)c1C#N. The number of piperidine rings is 1. The van der Waals surface area contributed by atoms with Gasteiger partial charge in [0, 0.05) is 32.2 Å². The summed E-state index contributed by atoms with van der Waals surface area (Å²) in [6.07, 6.45) is 4.41. The fourth-order valence-corrected chi connectivity index (χ4v) is 6.21. The van der Waals surface area contributed by atoms with Gasteiger partial charge in [0.15, 0.2) is 0 Å². The van der Waals surface area contributed by atoms with Crippen molar-refractivity contribution in [1.29, 1.82) is 5.26 Å². The molecule has 0 atom stereocenters. The van der Waals surface area contributed by atoms with Crippen LogP contribution in [-0.4, -0.2) is 50.4 Å². The van der Waals surface area contributed by atoms with E-state index in [4.69, 9.17) is 17.3 Å². The maximum Gasteiger partial charge on any atom is 0.305 e. The number of aromatic nitrogens is 1. The number of rotatable bonds is 7. The maximum absolute atomic E-state index is 13.1. The van der Waals surface area contributed by atoms with Gasteiger partial charge in [0.05, 0.1) is 11.3 Å². The van der Waals surface area contributed by atoms with Gasteiger partial charge in [-0.2, -0.15) is 5.26 Å². The average Bonchev–Trinajstić information content (AvgIpc) is 3.15. The van der Waals surface area contributed by atoms with Gasteiger partial charge in [0.2, 0.25) is 0 Å². The third-order valence-corrected chi connectivity index (χ3v) is 8.33. The Bertz CT molecular complexity index is 1370. The number of amides is 1. The van der Waals surface area contributed by atoms with Crippen LogP contribution in [0.2, 0.25) is 0 Å². The number of pyridine rings is 1. The van der Waals surface area contributed by atoms with Gasteiger partial charge >= 0.3 is 5.97 Å². The molecule has 192 valence electrons. The summed E-state index contributed by atoms with van der Waals surface area (Å²) in [7, 11) is 1.66. The lowest BCUT2D eigenvalue weighted by Crippen LogP contribution is -2.39. The number of aliphatic carboxylic acids is 1. The molecule has 2 saturated heterocycles. The van der Waals surface area contributed by atoms with Gasteiger partial charge in [-0.25, -0.2) is 0 Å². The molecule has 0 radical (unpaired) electrons. The fourth-order valence-electron chi connectivity index (χ4n) is 4.92. The lowest BCUT2D eigenvalue weighted by atomic mass is 9.90. The molecule has 1 N–H and O–H groups in total. The highest BCUT2D eigenvalue weighted by molar-refractivity contribution is 8.26. The maximum atomic E-state index is 13.1. The van der Waals surface area contributed by atoms with Crippen LogP contribution in [0.25, 0.3) is 6.08 Å². The average molecular weight is 537 g/mol. The Morgan fingerprint density at radius 1 is 1.24 bits per heavy atom. The molecule has 1 aromatic heterocycles.